The Bertz CT molecular complexity index is 242. The van der Waals surface area contributed by atoms with Crippen LogP contribution in [-0.4, -0.2) is 59.5 Å². The molecule has 15 heavy (non-hydrogen) atoms. The van der Waals surface area contributed by atoms with Gasteiger partial charge in [0.2, 0.25) is 0 Å². The predicted molar refractivity (Wildman–Crippen MR) is 54.6 cm³/mol. The van der Waals surface area contributed by atoms with Crippen molar-refractivity contribution in [2.45, 2.75) is 19.1 Å². The number of hydrogen-bond acceptors (Lipinski definition) is 4. The van der Waals surface area contributed by atoms with Crippen molar-refractivity contribution >= 4 is 5.97 Å². The van der Waals surface area contributed by atoms with Crippen LogP contribution in [0.5, 0.6) is 0 Å². The van der Waals surface area contributed by atoms with E-state index in [1.807, 2.05) is 6.92 Å². The summed E-state index contributed by atoms with van der Waals surface area (Å²) in [6.07, 6.45) is 2.66. The van der Waals surface area contributed by atoms with Crippen LogP contribution in [-0.2, 0) is 9.53 Å². The van der Waals surface area contributed by atoms with Gasteiger partial charge in [-0.05, 0) is 6.92 Å². The third-order valence-electron chi connectivity index (χ3n) is 2.23. The Hall–Kier alpha value is -0.910. The number of aliphatic hydroxyl groups excluding tert-OH is 1. The zero-order chi connectivity index (χ0) is 11.3. The van der Waals surface area contributed by atoms with Crippen molar-refractivity contribution in [2.75, 3.05) is 26.2 Å². The zero-order valence-electron chi connectivity index (χ0n) is 8.80. The number of rotatable bonds is 4. The Morgan fingerprint density at radius 1 is 1.60 bits per heavy atom. The number of hydrogen-bond donors (Lipinski definition) is 2. The summed E-state index contributed by atoms with van der Waals surface area (Å²) in [7, 11) is 0. The quantitative estimate of drug-likeness (QED) is 0.631. The fourth-order valence-electron chi connectivity index (χ4n) is 1.69. The van der Waals surface area contributed by atoms with E-state index < -0.39 is 5.97 Å². The van der Waals surface area contributed by atoms with Crippen LogP contribution in [0.2, 0.25) is 0 Å². The molecule has 2 unspecified atom stereocenters. The Morgan fingerprint density at radius 2 is 2.33 bits per heavy atom. The van der Waals surface area contributed by atoms with Crippen molar-refractivity contribution in [3.63, 3.8) is 0 Å². The summed E-state index contributed by atoms with van der Waals surface area (Å²) in [5.41, 5.74) is 0. The van der Waals surface area contributed by atoms with Gasteiger partial charge in [0.15, 0.2) is 0 Å². The van der Waals surface area contributed by atoms with Gasteiger partial charge in [0.1, 0.15) is 0 Å². The number of carboxylic acid groups (broad SMARTS) is 1. The van der Waals surface area contributed by atoms with E-state index in [1.54, 1.807) is 6.08 Å². The minimum Gasteiger partial charge on any atom is -0.478 e. The van der Waals surface area contributed by atoms with Gasteiger partial charge < -0.3 is 14.9 Å². The molecule has 5 heteroatoms. The summed E-state index contributed by atoms with van der Waals surface area (Å²) in [5, 5.41) is 17.4. The van der Waals surface area contributed by atoms with Gasteiger partial charge in [-0.25, -0.2) is 4.79 Å². The normalized spacial score (nSPS) is 28.4. The summed E-state index contributed by atoms with van der Waals surface area (Å²) >= 11 is 0. The number of aliphatic hydroxyl groups is 1. The van der Waals surface area contributed by atoms with Crippen LogP contribution >= 0.6 is 0 Å². The highest BCUT2D eigenvalue weighted by Crippen LogP contribution is 2.10. The van der Waals surface area contributed by atoms with E-state index in [1.165, 1.54) is 0 Å². The molecule has 0 saturated carbocycles. The number of carbonyl (C=O) groups is 1. The number of aliphatic carboxylic acids is 1. The van der Waals surface area contributed by atoms with Crippen LogP contribution in [0.3, 0.4) is 0 Å². The van der Waals surface area contributed by atoms with Gasteiger partial charge in [0.25, 0.3) is 0 Å². The van der Waals surface area contributed by atoms with E-state index in [0.717, 1.165) is 12.6 Å². The van der Waals surface area contributed by atoms with Gasteiger partial charge >= 0.3 is 5.97 Å². The lowest BCUT2D eigenvalue weighted by atomic mass is 10.2. The molecule has 86 valence electrons. The second-order valence-corrected chi connectivity index (χ2v) is 3.71. The number of carboxylic acids is 1. The molecule has 2 N–H and O–H groups in total. The largest absolute Gasteiger partial charge is 0.478 e. The first kappa shape index (κ1) is 12.2. The lowest BCUT2D eigenvalue weighted by Crippen LogP contribution is -2.47. The van der Waals surface area contributed by atoms with Crippen LogP contribution in [0.15, 0.2) is 12.2 Å². The molecule has 1 aliphatic rings. The number of morpholine rings is 1. The lowest BCUT2D eigenvalue weighted by molar-refractivity contribution is -0.131. The minimum atomic E-state index is -0.935. The summed E-state index contributed by atoms with van der Waals surface area (Å²) in [6.45, 7) is 3.93. The molecule has 0 aromatic rings. The smallest absolute Gasteiger partial charge is 0.328 e. The van der Waals surface area contributed by atoms with Crippen molar-refractivity contribution < 1.29 is 19.7 Å². The predicted octanol–water partition coefficient (Wildman–Crippen LogP) is -0.291. The second kappa shape index (κ2) is 5.85. The summed E-state index contributed by atoms with van der Waals surface area (Å²) in [4.78, 5) is 12.3. The highest BCUT2D eigenvalue weighted by atomic mass is 16.5. The van der Waals surface area contributed by atoms with Crippen molar-refractivity contribution in [1.82, 2.24) is 4.90 Å². The molecule has 1 fully saturated rings. The van der Waals surface area contributed by atoms with Crippen molar-refractivity contribution in [3.8, 4) is 0 Å². The molecule has 1 saturated heterocycles. The monoisotopic (exact) mass is 215 g/mol. The molecule has 0 aromatic carbocycles. The maximum Gasteiger partial charge on any atom is 0.328 e. The fourth-order valence-corrected chi connectivity index (χ4v) is 1.69. The van der Waals surface area contributed by atoms with Gasteiger partial charge in [0, 0.05) is 25.7 Å². The van der Waals surface area contributed by atoms with E-state index in [2.05, 4.69) is 4.90 Å². The van der Waals surface area contributed by atoms with Crippen LogP contribution in [0, 0.1) is 0 Å². The van der Waals surface area contributed by atoms with Crippen LogP contribution in [0.25, 0.3) is 0 Å². The summed E-state index contributed by atoms with van der Waals surface area (Å²) in [5.74, 6) is -0.935. The van der Waals surface area contributed by atoms with Gasteiger partial charge in [0.05, 0.1) is 18.8 Å². The number of nitrogens with zero attached hydrogens (tertiary/aromatic N) is 1. The molecule has 0 aliphatic carbocycles. The molecule has 0 radical (unpaired) electrons. The Labute approximate surface area is 89.0 Å². The van der Waals surface area contributed by atoms with Gasteiger partial charge in [-0.15, -0.1) is 0 Å². The first-order chi connectivity index (χ1) is 7.11. The minimum absolute atomic E-state index is 0.00346. The molecule has 1 aliphatic heterocycles. The molecule has 5 nitrogen and oxygen atoms in total. The molecule has 0 aromatic heterocycles. The molecule has 1 heterocycles. The standard InChI is InChI=1S/C10H17NO4/c1-8-5-11(4-2-3-10(13)14)6-9(7-12)15-8/h2-3,8-9,12H,4-7H2,1H3,(H,13,14)/b3-2+. The summed E-state index contributed by atoms with van der Waals surface area (Å²) < 4.78 is 5.46. The molecule has 0 amide bonds. The van der Waals surface area contributed by atoms with Gasteiger partial charge in [-0.2, -0.15) is 0 Å². The van der Waals surface area contributed by atoms with Gasteiger partial charge in [-0.1, -0.05) is 6.08 Å². The Kier molecular flexibility index (Phi) is 4.74. The van der Waals surface area contributed by atoms with E-state index in [-0.39, 0.29) is 18.8 Å². The SMILES string of the molecule is CC1CN(C/C=C/C(=O)O)CC(CO)O1. The Morgan fingerprint density at radius 3 is 2.93 bits per heavy atom. The molecule has 2 atom stereocenters. The first-order valence-corrected chi connectivity index (χ1v) is 5.00. The third-order valence-corrected chi connectivity index (χ3v) is 2.23. The lowest BCUT2D eigenvalue weighted by Gasteiger charge is -2.35. The second-order valence-electron chi connectivity index (χ2n) is 3.71. The topological polar surface area (TPSA) is 70.0 Å². The Balaban J connectivity index is 2.37. The van der Waals surface area contributed by atoms with Crippen LogP contribution < -0.4 is 0 Å². The molecule has 0 bridgehead atoms. The van der Waals surface area contributed by atoms with E-state index in [9.17, 15) is 4.79 Å². The average molecular weight is 215 g/mol. The molecule has 1 rings (SSSR count). The highest BCUT2D eigenvalue weighted by molar-refractivity contribution is 5.79. The van der Waals surface area contributed by atoms with E-state index in [4.69, 9.17) is 14.9 Å². The average Bonchev–Trinajstić information content (AvgIpc) is 2.16. The van der Waals surface area contributed by atoms with E-state index >= 15 is 0 Å². The van der Waals surface area contributed by atoms with Gasteiger partial charge in [-0.3, -0.25) is 4.90 Å². The maximum atomic E-state index is 10.3. The van der Waals surface area contributed by atoms with Crippen LogP contribution in [0.1, 0.15) is 6.92 Å². The molecular weight excluding hydrogens is 198 g/mol. The zero-order valence-corrected chi connectivity index (χ0v) is 8.80. The van der Waals surface area contributed by atoms with Crippen molar-refractivity contribution in [1.29, 1.82) is 0 Å². The number of ether oxygens (including phenoxy) is 1. The molecular formula is C10H17NO4. The maximum absolute atomic E-state index is 10.3. The third kappa shape index (κ3) is 4.42. The molecule has 0 spiro atoms. The summed E-state index contributed by atoms with van der Waals surface area (Å²) in [6, 6.07) is 0. The van der Waals surface area contributed by atoms with E-state index in [0.29, 0.717) is 13.1 Å². The first-order valence-electron chi connectivity index (χ1n) is 5.00. The van der Waals surface area contributed by atoms with Crippen molar-refractivity contribution in [2.24, 2.45) is 0 Å². The highest BCUT2D eigenvalue weighted by Gasteiger charge is 2.23. The van der Waals surface area contributed by atoms with Crippen molar-refractivity contribution in [3.05, 3.63) is 12.2 Å². The fraction of sp³-hybridized carbons (Fsp3) is 0.700. The van der Waals surface area contributed by atoms with Crippen LogP contribution in [0.4, 0.5) is 0 Å².